The van der Waals surface area contributed by atoms with Crippen molar-refractivity contribution in [2.75, 3.05) is 25.1 Å². The number of carbonyl (C=O) groups excluding carboxylic acids is 1. The molecule has 18 heavy (non-hydrogen) atoms. The molecule has 98 valence electrons. The van der Waals surface area contributed by atoms with Crippen molar-refractivity contribution in [2.45, 2.75) is 26.7 Å². The van der Waals surface area contributed by atoms with Crippen molar-refractivity contribution in [2.24, 2.45) is 5.92 Å². The maximum absolute atomic E-state index is 11.7. The van der Waals surface area contributed by atoms with Gasteiger partial charge in [-0.05, 0) is 32.6 Å². The fraction of sp³-hybridized carbons (Fsp3) is 0.615. The van der Waals surface area contributed by atoms with Gasteiger partial charge in [-0.1, -0.05) is 0 Å². The first-order valence-electron chi connectivity index (χ1n) is 6.32. The highest BCUT2D eigenvalue weighted by Gasteiger charge is 2.27. The molecule has 0 atom stereocenters. The number of anilines is 1. The van der Waals surface area contributed by atoms with Gasteiger partial charge in [0, 0.05) is 19.3 Å². The Morgan fingerprint density at radius 2 is 2.28 bits per heavy atom. The van der Waals surface area contributed by atoms with Crippen LogP contribution in [0.3, 0.4) is 0 Å². The van der Waals surface area contributed by atoms with Gasteiger partial charge >= 0.3 is 5.97 Å². The standard InChI is InChI=1S/C13H19N3O2/c1-4-16(8-10-5-6-10)12-11(13(17)18-3)7-14-9(2)15-12/h7,10H,4-6,8H2,1-3H3. The molecule has 0 N–H and O–H groups in total. The zero-order chi connectivity index (χ0) is 13.1. The summed E-state index contributed by atoms with van der Waals surface area (Å²) in [5.41, 5.74) is 0.450. The highest BCUT2D eigenvalue weighted by atomic mass is 16.5. The fourth-order valence-electron chi connectivity index (χ4n) is 1.93. The quantitative estimate of drug-likeness (QED) is 0.745. The zero-order valence-electron chi connectivity index (χ0n) is 11.1. The van der Waals surface area contributed by atoms with Crippen LogP contribution in [0.15, 0.2) is 6.20 Å². The van der Waals surface area contributed by atoms with Gasteiger partial charge in [0.2, 0.25) is 0 Å². The Morgan fingerprint density at radius 1 is 1.56 bits per heavy atom. The zero-order valence-corrected chi connectivity index (χ0v) is 11.1. The number of ether oxygens (including phenoxy) is 1. The molecule has 0 aliphatic heterocycles. The number of hydrogen-bond donors (Lipinski definition) is 0. The van der Waals surface area contributed by atoms with E-state index in [0.717, 1.165) is 19.0 Å². The lowest BCUT2D eigenvalue weighted by molar-refractivity contribution is 0.0600. The summed E-state index contributed by atoms with van der Waals surface area (Å²) in [5.74, 6) is 1.74. The first-order chi connectivity index (χ1) is 8.65. The number of esters is 1. The molecule has 0 unspecified atom stereocenters. The van der Waals surface area contributed by atoms with Crippen molar-refractivity contribution in [1.29, 1.82) is 0 Å². The normalized spacial score (nSPS) is 14.4. The highest BCUT2D eigenvalue weighted by molar-refractivity contribution is 5.94. The lowest BCUT2D eigenvalue weighted by Gasteiger charge is -2.23. The van der Waals surface area contributed by atoms with Gasteiger partial charge in [-0.15, -0.1) is 0 Å². The molecule has 0 amide bonds. The second-order valence-corrected chi connectivity index (χ2v) is 4.63. The molecule has 5 nitrogen and oxygen atoms in total. The SMILES string of the molecule is CCN(CC1CC1)c1nc(C)ncc1C(=O)OC. The Balaban J connectivity index is 2.31. The minimum atomic E-state index is -0.376. The van der Waals surface area contributed by atoms with Gasteiger partial charge in [0.1, 0.15) is 17.2 Å². The fourth-order valence-corrected chi connectivity index (χ4v) is 1.93. The Bertz CT molecular complexity index is 444. The van der Waals surface area contributed by atoms with Gasteiger partial charge in [0.15, 0.2) is 0 Å². The summed E-state index contributed by atoms with van der Waals surface area (Å²) >= 11 is 0. The van der Waals surface area contributed by atoms with E-state index in [1.807, 2.05) is 6.92 Å². The first-order valence-corrected chi connectivity index (χ1v) is 6.32. The first kappa shape index (κ1) is 12.8. The molecule has 1 heterocycles. The Hall–Kier alpha value is -1.65. The number of aromatic nitrogens is 2. The molecule has 1 aromatic heterocycles. The Morgan fingerprint density at radius 3 is 2.83 bits per heavy atom. The van der Waals surface area contributed by atoms with Gasteiger partial charge in [0.05, 0.1) is 7.11 Å². The van der Waals surface area contributed by atoms with E-state index in [0.29, 0.717) is 17.2 Å². The van der Waals surface area contributed by atoms with Crippen LogP contribution in [-0.2, 0) is 4.74 Å². The molecular weight excluding hydrogens is 230 g/mol. The van der Waals surface area contributed by atoms with Crippen LogP contribution in [0.5, 0.6) is 0 Å². The number of hydrogen-bond acceptors (Lipinski definition) is 5. The van der Waals surface area contributed by atoms with Gasteiger partial charge in [0.25, 0.3) is 0 Å². The highest BCUT2D eigenvalue weighted by Crippen LogP contribution is 2.31. The van der Waals surface area contributed by atoms with E-state index < -0.39 is 0 Å². The average Bonchev–Trinajstić information content (AvgIpc) is 3.19. The van der Waals surface area contributed by atoms with Crippen LogP contribution in [0.2, 0.25) is 0 Å². The molecular formula is C13H19N3O2. The maximum Gasteiger partial charge on any atom is 0.343 e. The molecule has 1 fully saturated rings. The van der Waals surface area contributed by atoms with Gasteiger partial charge in [-0.25, -0.2) is 14.8 Å². The number of rotatable bonds is 5. The summed E-state index contributed by atoms with van der Waals surface area (Å²) in [7, 11) is 1.38. The van der Waals surface area contributed by atoms with E-state index >= 15 is 0 Å². The lowest BCUT2D eigenvalue weighted by Crippen LogP contribution is -2.28. The second kappa shape index (κ2) is 5.33. The minimum absolute atomic E-state index is 0.376. The van der Waals surface area contributed by atoms with E-state index in [4.69, 9.17) is 4.74 Å². The minimum Gasteiger partial charge on any atom is -0.465 e. The predicted molar refractivity (Wildman–Crippen MR) is 68.7 cm³/mol. The summed E-state index contributed by atoms with van der Waals surface area (Å²) in [6, 6.07) is 0. The van der Waals surface area contributed by atoms with E-state index in [1.54, 1.807) is 6.20 Å². The summed E-state index contributed by atoms with van der Waals surface area (Å²) < 4.78 is 4.79. The van der Waals surface area contributed by atoms with Gasteiger partial charge < -0.3 is 9.64 Å². The van der Waals surface area contributed by atoms with Crippen molar-refractivity contribution in [3.63, 3.8) is 0 Å². The topological polar surface area (TPSA) is 55.3 Å². The summed E-state index contributed by atoms with van der Waals surface area (Å²) in [6.45, 7) is 5.68. The molecule has 0 saturated heterocycles. The lowest BCUT2D eigenvalue weighted by atomic mass is 10.2. The predicted octanol–water partition coefficient (Wildman–Crippen LogP) is 1.81. The molecule has 0 spiro atoms. The average molecular weight is 249 g/mol. The summed E-state index contributed by atoms with van der Waals surface area (Å²) in [6.07, 6.45) is 4.10. The summed E-state index contributed by atoms with van der Waals surface area (Å²) in [5, 5.41) is 0. The van der Waals surface area contributed by atoms with Crippen molar-refractivity contribution in [3.8, 4) is 0 Å². The van der Waals surface area contributed by atoms with Crippen molar-refractivity contribution >= 4 is 11.8 Å². The molecule has 5 heteroatoms. The van der Waals surface area contributed by atoms with Crippen molar-refractivity contribution in [1.82, 2.24) is 9.97 Å². The Kier molecular flexibility index (Phi) is 3.79. The van der Waals surface area contributed by atoms with Crippen molar-refractivity contribution in [3.05, 3.63) is 17.6 Å². The van der Waals surface area contributed by atoms with Crippen LogP contribution in [0.1, 0.15) is 35.9 Å². The smallest absolute Gasteiger partial charge is 0.343 e. The third-order valence-corrected chi connectivity index (χ3v) is 3.15. The van der Waals surface area contributed by atoms with Crippen LogP contribution in [0.25, 0.3) is 0 Å². The largest absolute Gasteiger partial charge is 0.465 e. The van der Waals surface area contributed by atoms with E-state index in [1.165, 1.54) is 20.0 Å². The number of methoxy groups -OCH3 is 1. The number of nitrogens with zero attached hydrogens (tertiary/aromatic N) is 3. The summed E-state index contributed by atoms with van der Waals surface area (Å²) in [4.78, 5) is 22.4. The molecule has 1 aliphatic carbocycles. The number of aryl methyl sites for hydroxylation is 1. The second-order valence-electron chi connectivity index (χ2n) is 4.63. The van der Waals surface area contributed by atoms with Crippen LogP contribution in [0.4, 0.5) is 5.82 Å². The number of carbonyl (C=O) groups is 1. The van der Waals surface area contributed by atoms with Gasteiger partial charge in [-0.2, -0.15) is 0 Å². The van der Waals surface area contributed by atoms with Crippen LogP contribution in [-0.4, -0.2) is 36.1 Å². The van der Waals surface area contributed by atoms with E-state index in [9.17, 15) is 4.79 Å². The monoisotopic (exact) mass is 249 g/mol. The molecule has 1 saturated carbocycles. The van der Waals surface area contributed by atoms with Crippen LogP contribution in [0, 0.1) is 12.8 Å². The van der Waals surface area contributed by atoms with Crippen LogP contribution >= 0.6 is 0 Å². The van der Waals surface area contributed by atoms with E-state index in [-0.39, 0.29) is 5.97 Å². The Labute approximate surface area is 107 Å². The van der Waals surface area contributed by atoms with E-state index in [2.05, 4.69) is 21.8 Å². The molecule has 1 aliphatic rings. The molecule has 0 aromatic carbocycles. The third-order valence-electron chi connectivity index (χ3n) is 3.15. The molecule has 2 rings (SSSR count). The van der Waals surface area contributed by atoms with Crippen LogP contribution < -0.4 is 4.90 Å². The molecule has 1 aromatic rings. The van der Waals surface area contributed by atoms with Gasteiger partial charge in [-0.3, -0.25) is 0 Å². The maximum atomic E-state index is 11.7. The van der Waals surface area contributed by atoms with Crippen molar-refractivity contribution < 1.29 is 9.53 Å². The molecule has 0 radical (unpaired) electrons. The third kappa shape index (κ3) is 2.78. The molecule has 0 bridgehead atoms.